The Hall–Kier alpha value is -1.27. The third-order valence-corrected chi connectivity index (χ3v) is 2.04. The van der Waals surface area contributed by atoms with Crippen LogP contribution in [-0.4, -0.2) is 0 Å². The Morgan fingerprint density at radius 2 is 2.38 bits per heavy atom. The normalized spacial score (nSPS) is 8.92. The van der Waals surface area contributed by atoms with E-state index in [9.17, 15) is 0 Å². The van der Waals surface area contributed by atoms with E-state index in [1.165, 1.54) is 0 Å². The van der Waals surface area contributed by atoms with Crippen molar-refractivity contribution in [2.75, 3.05) is 0 Å². The lowest BCUT2D eigenvalue weighted by Gasteiger charge is -2.03. The van der Waals surface area contributed by atoms with Crippen LogP contribution in [0.2, 0.25) is 0 Å². The highest BCUT2D eigenvalue weighted by atomic mass is 79.9. The van der Waals surface area contributed by atoms with Crippen molar-refractivity contribution >= 4 is 15.9 Å². The van der Waals surface area contributed by atoms with Crippen molar-refractivity contribution in [1.82, 2.24) is 0 Å². The molecule has 0 heterocycles. The first-order chi connectivity index (χ1) is 6.27. The number of hydrogen-bond donors (Lipinski definition) is 0. The molecule has 0 N–H and O–H groups in total. The molecule has 1 rings (SSSR count). The molecule has 3 heteroatoms. The van der Waals surface area contributed by atoms with Crippen LogP contribution < -0.4 is 4.74 Å². The summed E-state index contributed by atoms with van der Waals surface area (Å²) in [4.78, 5) is 0. The van der Waals surface area contributed by atoms with Gasteiger partial charge >= 0.3 is 0 Å². The van der Waals surface area contributed by atoms with Crippen molar-refractivity contribution in [3.8, 4) is 12.0 Å². The van der Waals surface area contributed by atoms with Crippen LogP contribution in [0.5, 0.6) is 5.75 Å². The third-order valence-electron chi connectivity index (χ3n) is 1.54. The van der Waals surface area contributed by atoms with Gasteiger partial charge in [-0.05, 0) is 24.6 Å². The zero-order valence-electron chi connectivity index (χ0n) is 6.96. The van der Waals surface area contributed by atoms with Crippen LogP contribution in [0, 0.1) is 11.5 Å². The first-order valence-corrected chi connectivity index (χ1v) is 4.52. The topological polar surface area (TPSA) is 33.0 Å². The predicted octanol–water partition coefficient (Wildman–Crippen LogP) is 3.04. The zero-order valence-corrected chi connectivity index (χ0v) is 8.54. The second kappa shape index (κ2) is 4.68. The van der Waals surface area contributed by atoms with Gasteiger partial charge in [0.05, 0.1) is 0 Å². The predicted molar refractivity (Wildman–Crippen MR) is 54.3 cm³/mol. The van der Waals surface area contributed by atoms with E-state index in [4.69, 9.17) is 10.00 Å². The van der Waals surface area contributed by atoms with Crippen LogP contribution in [0.4, 0.5) is 0 Å². The largest absolute Gasteiger partial charge is 0.388 e. The molecule has 2 nitrogen and oxygen atoms in total. The maximum atomic E-state index is 8.37. The minimum absolute atomic E-state index is 0.589. The number of ether oxygens (including phenoxy) is 1. The van der Waals surface area contributed by atoms with Crippen molar-refractivity contribution in [3.05, 3.63) is 40.9 Å². The fourth-order valence-corrected chi connectivity index (χ4v) is 1.42. The van der Waals surface area contributed by atoms with Gasteiger partial charge in [0.2, 0.25) is 0 Å². The Bertz CT molecular complexity index is 354. The summed E-state index contributed by atoms with van der Waals surface area (Å²) in [5.74, 6) is 0.589. The monoisotopic (exact) mass is 237 g/mol. The van der Waals surface area contributed by atoms with Crippen LogP contribution in [0.3, 0.4) is 0 Å². The smallest absolute Gasteiger partial charge is 0.292 e. The van der Waals surface area contributed by atoms with Gasteiger partial charge in [0.25, 0.3) is 6.26 Å². The summed E-state index contributed by atoms with van der Waals surface area (Å²) in [5.41, 5.74) is 0.950. The lowest BCUT2D eigenvalue weighted by atomic mass is 10.1. The highest BCUT2D eigenvalue weighted by molar-refractivity contribution is 9.10. The number of rotatable bonds is 3. The Balaban J connectivity index is 3.04. The average Bonchev–Trinajstić information content (AvgIpc) is 2.10. The van der Waals surface area contributed by atoms with E-state index in [0.717, 1.165) is 10.0 Å². The molecule has 0 aliphatic carbocycles. The summed E-state index contributed by atoms with van der Waals surface area (Å²) in [6, 6.07) is 5.50. The molecule has 0 unspecified atom stereocenters. The summed E-state index contributed by atoms with van der Waals surface area (Å²) in [6.07, 6.45) is 4.11. The van der Waals surface area contributed by atoms with Gasteiger partial charge in [-0.25, -0.2) is 0 Å². The van der Waals surface area contributed by atoms with Crippen molar-refractivity contribution in [3.63, 3.8) is 0 Å². The molecule has 0 aliphatic rings. The molecule has 0 bridgehead atoms. The van der Waals surface area contributed by atoms with E-state index in [-0.39, 0.29) is 0 Å². The molecule has 0 saturated heterocycles. The zero-order chi connectivity index (χ0) is 9.68. The number of nitrogens with zero attached hydrogens (tertiary/aromatic N) is 1. The Labute approximate surface area is 85.6 Å². The van der Waals surface area contributed by atoms with E-state index in [1.54, 1.807) is 18.4 Å². The van der Waals surface area contributed by atoms with Crippen molar-refractivity contribution in [2.45, 2.75) is 6.42 Å². The molecule has 0 radical (unpaired) electrons. The maximum absolute atomic E-state index is 8.37. The van der Waals surface area contributed by atoms with Crippen LogP contribution in [0.1, 0.15) is 5.56 Å². The van der Waals surface area contributed by atoms with Gasteiger partial charge in [0.1, 0.15) is 5.75 Å². The molecule has 66 valence electrons. The average molecular weight is 238 g/mol. The van der Waals surface area contributed by atoms with E-state index >= 15 is 0 Å². The van der Waals surface area contributed by atoms with E-state index in [0.29, 0.717) is 12.2 Å². The SMILES string of the molecule is C=CCc1cc(Br)ccc1OC#N. The number of benzene rings is 1. The van der Waals surface area contributed by atoms with Gasteiger partial charge < -0.3 is 4.74 Å². The van der Waals surface area contributed by atoms with Gasteiger partial charge in [-0.1, -0.05) is 22.0 Å². The van der Waals surface area contributed by atoms with Crippen molar-refractivity contribution < 1.29 is 4.74 Å². The van der Waals surface area contributed by atoms with Gasteiger partial charge in [-0.15, -0.1) is 11.8 Å². The summed E-state index contributed by atoms with van der Waals surface area (Å²) in [7, 11) is 0. The lowest BCUT2D eigenvalue weighted by molar-refractivity contribution is 0.501. The van der Waals surface area contributed by atoms with E-state index in [2.05, 4.69) is 22.5 Å². The number of hydrogen-bond acceptors (Lipinski definition) is 2. The second-order valence-electron chi connectivity index (χ2n) is 2.44. The maximum Gasteiger partial charge on any atom is 0.292 e. The highest BCUT2D eigenvalue weighted by Crippen LogP contribution is 2.23. The lowest BCUT2D eigenvalue weighted by Crippen LogP contribution is -1.89. The van der Waals surface area contributed by atoms with Gasteiger partial charge in [0, 0.05) is 10.0 Å². The molecular formula is C10H8BrNO. The van der Waals surface area contributed by atoms with Gasteiger partial charge in [-0.3, -0.25) is 0 Å². The van der Waals surface area contributed by atoms with Crippen LogP contribution in [0.25, 0.3) is 0 Å². The standard InChI is InChI=1S/C10H8BrNO/c1-2-3-8-6-9(11)4-5-10(8)13-7-12/h2,4-6H,1,3H2. The van der Waals surface area contributed by atoms with Crippen LogP contribution in [0.15, 0.2) is 35.3 Å². The number of allylic oxidation sites excluding steroid dienone is 1. The fourth-order valence-electron chi connectivity index (χ4n) is 1.01. The Kier molecular flexibility index (Phi) is 3.53. The first-order valence-electron chi connectivity index (χ1n) is 3.73. The molecular weight excluding hydrogens is 230 g/mol. The Morgan fingerprint density at radius 1 is 1.62 bits per heavy atom. The fraction of sp³-hybridized carbons (Fsp3) is 0.100. The molecule has 1 aromatic rings. The van der Waals surface area contributed by atoms with E-state index < -0.39 is 0 Å². The molecule has 1 aromatic carbocycles. The third kappa shape index (κ3) is 2.60. The summed E-state index contributed by atoms with van der Waals surface area (Å²) < 4.78 is 5.75. The quantitative estimate of drug-likeness (QED) is 0.598. The van der Waals surface area contributed by atoms with Gasteiger partial charge in [0.15, 0.2) is 0 Å². The molecule has 0 saturated carbocycles. The summed E-state index contributed by atoms with van der Waals surface area (Å²) in [6.45, 7) is 3.63. The summed E-state index contributed by atoms with van der Waals surface area (Å²) in [5, 5.41) is 8.37. The highest BCUT2D eigenvalue weighted by Gasteiger charge is 2.02. The first kappa shape index (κ1) is 9.82. The number of halogens is 1. The van der Waals surface area contributed by atoms with Gasteiger partial charge in [-0.2, -0.15) is 0 Å². The molecule has 0 spiro atoms. The molecule has 0 aliphatic heterocycles. The second-order valence-corrected chi connectivity index (χ2v) is 3.35. The van der Waals surface area contributed by atoms with Crippen molar-refractivity contribution in [1.29, 1.82) is 5.26 Å². The van der Waals surface area contributed by atoms with Crippen LogP contribution >= 0.6 is 15.9 Å². The molecule has 0 aromatic heterocycles. The molecule has 0 atom stereocenters. The van der Waals surface area contributed by atoms with Crippen LogP contribution in [-0.2, 0) is 6.42 Å². The Morgan fingerprint density at radius 3 is 3.00 bits per heavy atom. The minimum Gasteiger partial charge on any atom is -0.388 e. The van der Waals surface area contributed by atoms with Crippen molar-refractivity contribution in [2.24, 2.45) is 0 Å². The molecule has 0 amide bonds. The molecule has 13 heavy (non-hydrogen) atoms. The summed E-state index contributed by atoms with van der Waals surface area (Å²) >= 11 is 3.34. The van der Waals surface area contributed by atoms with E-state index in [1.807, 2.05) is 12.1 Å². The number of nitriles is 1. The molecule has 0 fully saturated rings. The minimum atomic E-state index is 0.589.